The van der Waals surface area contributed by atoms with E-state index in [0.717, 1.165) is 31.7 Å². The molecule has 0 radical (unpaired) electrons. The molecule has 2 N–H and O–H groups in total. The number of hydrogen-bond donors (Lipinski definition) is 2. The van der Waals surface area contributed by atoms with E-state index in [2.05, 4.69) is 5.32 Å². The van der Waals surface area contributed by atoms with Gasteiger partial charge in [0.05, 0.1) is 17.1 Å². The Bertz CT molecular complexity index is 956. The number of amides is 2. The molecule has 5 rings (SSSR count). The summed E-state index contributed by atoms with van der Waals surface area (Å²) in [5, 5.41) is 12.4. The molecule has 9 heteroatoms. The molecule has 4 aliphatic rings. The maximum atomic E-state index is 14.0. The van der Waals surface area contributed by atoms with Gasteiger partial charge in [0.25, 0.3) is 0 Å². The molecule has 0 aromatic heterocycles. The van der Waals surface area contributed by atoms with Gasteiger partial charge in [-0.2, -0.15) is 13.2 Å². The number of nitrogens with one attached hydrogen (secondary N) is 1. The van der Waals surface area contributed by atoms with Crippen LogP contribution in [0.5, 0.6) is 0 Å². The fraction of sp³-hybridized carbons (Fsp3) is 0.680. The zero-order valence-electron chi connectivity index (χ0n) is 19.2. The number of halogens is 3. The lowest BCUT2D eigenvalue weighted by atomic mass is 9.78. The van der Waals surface area contributed by atoms with E-state index in [4.69, 9.17) is 0 Å². The van der Waals surface area contributed by atoms with E-state index < -0.39 is 17.2 Å². The highest BCUT2D eigenvalue weighted by Gasteiger charge is 2.51. The average molecular weight is 480 g/mol. The zero-order valence-corrected chi connectivity index (χ0v) is 19.2. The van der Waals surface area contributed by atoms with Crippen molar-refractivity contribution in [3.05, 3.63) is 23.8 Å². The smallest absolute Gasteiger partial charge is 0.393 e. The number of benzene rings is 1. The lowest BCUT2D eigenvalue weighted by Crippen LogP contribution is -2.50. The van der Waals surface area contributed by atoms with Crippen molar-refractivity contribution in [2.24, 2.45) is 11.3 Å². The summed E-state index contributed by atoms with van der Waals surface area (Å²) >= 11 is 0. The maximum Gasteiger partial charge on any atom is 0.418 e. The van der Waals surface area contributed by atoms with Gasteiger partial charge in [-0.05, 0) is 76.0 Å². The number of aliphatic hydroxyl groups is 1. The van der Waals surface area contributed by atoms with E-state index >= 15 is 0 Å². The minimum Gasteiger partial charge on any atom is -0.393 e. The van der Waals surface area contributed by atoms with Crippen molar-refractivity contribution in [1.29, 1.82) is 0 Å². The molecular weight excluding hydrogens is 447 g/mol. The molecule has 1 aromatic carbocycles. The summed E-state index contributed by atoms with van der Waals surface area (Å²) in [4.78, 5) is 29.2. The van der Waals surface area contributed by atoms with Gasteiger partial charge in [-0.3, -0.25) is 9.59 Å². The van der Waals surface area contributed by atoms with Crippen LogP contribution in [0.3, 0.4) is 0 Å². The maximum absolute atomic E-state index is 14.0. The summed E-state index contributed by atoms with van der Waals surface area (Å²) < 4.78 is 42.1. The van der Waals surface area contributed by atoms with Gasteiger partial charge >= 0.3 is 6.18 Å². The monoisotopic (exact) mass is 479 g/mol. The van der Waals surface area contributed by atoms with Crippen LogP contribution in [-0.2, 0) is 15.8 Å². The minimum atomic E-state index is -4.57. The number of aliphatic hydroxyl groups excluding tert-OH is 1. The quantitative estimate of drug-likeness (QED) is 0.680. The highest BCUT2D eigenvalue weighted by atomic mass is 19.4. The number of piperidine rings is 1. The van der Waals surface area contributed by atoms with Crippen LogP contribution in [0.2, 0.25) is 0 Å². The molecule has 2 saturated carbocycles. The van der Waals surface area contributed by atoms with Crippen molar-refractivity contribution < 1.29 is 27.9 Å². The Morgan fingerprint density at radius 2 is 1.79 bits per heavy atom. The van der Waals surface area contributed by atoms with Crippen molar-refractivity contribution in [2.45, 2.75) is 76.1 Å². The molecule has 0 bridgehead atoms. The van der Waals surface area contributed by atoms with Crippen LogP contribution in [0, 0.1) is 11.3 Å². The summed E-state index contributed by atoms with van der Waals surface area (Å²) in [5.41, 5.74) is -1.21. The molecule has 4 fully saturated rings. The Kier molecular flexibility index (Phi) is 6.02. The average Bonchev–Trinajstić information content (AvgIpc) is 3.61. The first-order chi connectivity index (χ1) is 16.2. The van der Waals surface area contributed by atoms with Crippen LogP contribution in [-0.4, -0.2) is 53.6 Å². The molecule has 1 spiro atoms. The summed E-state index contributed by atoms with van der Waals surface area (Å²) in [6.45, 7) is 1.36. The largest absolute Gasteiger partial charge is 0.418 e. The molecule has 1 unspecified atom stereocenters. The van der Waals surface area contributed by atoms with Crippen molar-refractivity contribution in [2.75, 3.05) is 29.9 Å². The van der Waals surface area contributed by atoms with Gasteiger partial charge in [0.15, 0.2) is 0 Å². The van der Waals surface area contributed by atoms with Gasteiger partial charge < -0.3 is 20.2 Å². The van der Waals surface area contributed by atoms with Gasteiger partial charge in [-0.1, -0.05) is 0 Å². The lowest BCUT2D eigenvalue weighted by molar-refractivity contribution is -0.139. The van der Waals surface area contributed by atoms with Crippen molar-refractivity contribution in [1.82, 2.24) is 4.90 Å². The van der Waals surface area contributed by atoms with Crippen molar-refractivity contribution in [3.8, 4) is 0 Å². The molecule has 186 valence electrons. The lowest BCUT2D eigenvalue weighted by Gasteiger charge is -2.42. The van der Waals surface area contributed by atoms with E-state index in [1.165, 1.54) is 12.1 Å². The molecule has 2 saturated heterocycles. The first-order valence-corrected chi connectivity index (χ1v) is 12.4. The molecule has 34 heavy (non-hydrogen) atoms. The van der Waals surface area contributed by atoms with E-state index in [0.29, 0.717) is 45.2 Å². The predicted octanol–water partition coefficient (Wildman–Crippen LogP) is 4.18. The van der Waals surface area contributed by atoms with Gasteiger partial charge in [0, 0.05) is 43.0 Å². The number of likely N-dealkylation sites (tertiary alicyclic amines) is 1. The minimum absolute atomic E-state index is 0.0560. The summed E-state index contributed by atoms with van der Waals surface area (Å²) in [7, 11) is 0. The van der Waals surface area contributed by atoms with Crippen LogP contribution in [0.25, 0.3) is 0 Å². The summed E-state index contributed by atoms with van der Waals surface area (Å²) in [6, 6.07) is 4.10. The second-order valence-corrected chi connectivity index (χ2v) is 10.5. The van der Waals surface area contributed by atoms with Crippen LogP contribution in [0.4, 0.5) is 24.5 Å². The van der Waals surface area contributed by atoms with Gasteiger partial charge in [-0.15, -0.1) is 0 Å². The Morgan fingerprint density at radius 3 is 2.47 bits per heavy atom. The summed E-state index contributed by atoms with van der Waals surface area (Å²) in [5.74, 6) is -0.273. The van der Waals surface area contributed by atoms with E-state index in [-0.39, 0.29) is 47.8 Å². The highest BCUT2D eigenvalue weighted by Crippen LogP contribution is 2.46. The molecular formula is C25H32F3N3O3. The van der Waals surface area contributed by atoms with Crippen LogP contribution < -0.4 is 10.2 Å². The number of hydrogen-bond acceptors (Lipinski definition) is 4. The Labute approximate surface area is 197 Å². The van der Waals surface area contributed by atoms with Gasteiger partial charge in [0.2, 0.25) is 11.8 Å². The van der Waals surface area contributed by atoms with Crippen molar-refractivity contribution in [3.63, 3.8) is 0 Å². The standard InChI is InChI=1S/C25H32F3N3O3/c26-25(27,28)20-14-17(29-22(33)16-2-3-16)4-9-21(20)30-12-1-10-24(15-30)11-13-31(23(24)34)18-5-7-19(32)8-6-18/h4,9,14,16,18-19,32H,1-3,5-8,10-13,15H2,(H,29,33)/t18-,19-,24?. The SMILES string of the molecule is O=C(Nc1ccc(N2CCCC3(CCN([C@H]4CC[C@H](O)CC4)C3=O)C2)c(C(F)(F)F)c1)C1CC1. The third-order valence-electron chi connectivity index (χ3n) is 8.09. The number of rotatable bonds is 4. The van der Waals surface area contributed by atoms with E-state index in [9.17, 15) is 27.9 Å². The molecule has 6 nitrogen and oxygen atoms in total. The fourth-order valence-corrected chi connectivity index (χ4v) is 5.99. The topological polar surface area (TPSA) is 72.9 Å². The molecule has 1 atom stereocenters. The highest BCUT2D eigenvalue weighted by molar-refractivity contribution is 5.94. The Morgan fingerprint density at radius 1 is 1.06 bits per heavy atom. The first kappa shape index (κ1) is 23.5. The van der Waals surface area contributed by atoms with E-state index in [1.54, 1.807) is 4.90 Å². The molecule has 2 heterocycles. The molecule has 1 aromatic rings. The number of alkyl halides is 3. The number of carbonyl (C=O) groups is 2. The summed E-state index contributed by atoms with van der Waals surface area (Å²) in [6.07, 6.45) is 1.59. The Balaban J connectivity index is 1.36. The normalized spacial score (nSPS) is 30.2. The van der Waals surface area contributed by atoms with Crippen LogP contribution >= 0.6 is 0 Å². The van der Waals surface area contributed by atoms with Gasteiger partial charge in [-0.25, -0.2) is 0 Å². The molecule has 2 amide bonds. The van der Waals surface area contributed by atoms with Gasteiger partial charge in [0.1, 0.15) is 0 Å². The number of anilines is 2. The Hall–Kier alpha value is -2.29. The number of carbonyl (C=O) groups excluding carboxylic acids is 2. The van der Waals surface area contributed by atoms with Crippen LogP contribution in [0.15, 0.2) is 18.2 Å². The molecule has 2 aliphatic heterocycles. The first-order valence-electron chi connectivity index (χ1n) is 12.4. The zero-order chi connectivity index (χ0) is 24.1. The third-order valence-corrected chi connectivity index (χ3v) is 8.09. The van der Waals surface area contributed by atoms with Crippen molar-refractivity contribution >= 4 is 23.2 Å². The second-order valence-electron chi connectivity index (χ2n) is 10.5. The fourth-order valence-electron chi connectivity index (χ4n) is 5.99. The third kappa shape index (κ3) is 4.51. The van der Waals surface area contributed by atoms with Crippen LogP contribution in [0.1, 0.15) is 63.4 Å². The number of nitrogens with zero attached hydrogens (tertiary/aromatic N) is 2. The van der Waals surface area contributed by atoms with E-state index in [1.807, 2.05) is 4.90 Å². The second kappa shape index (κ2) is 8.73. The molecule has 2 aliphatic carbocycles. The predicted molar refractivity (Wildman–Crippen MR) is 121 cm³/mol.